The Balaban J connectivity index is 2.16. The van der Waals surface area contributed by atoms with E-state index in [1.54, 1.807) is 13.8 Å². The lowest BCUT2D eigenvalue weighted by Crippen LogP contribution is -2.35. The molecule has 3 atom stereocenters. The molecule has 3 aromatic rings. The zero-order valence-corrected chi connectivity index (χ0v) is 16.8. The number of hydrogen-bond donors (Lipinski definition) is 1. The summed E-state index contributed by atoms with van der Waals surface area (Å²) in [4.78, 5) is 0.777. The summed E-state index contributed by atoms with van der Waals surface area (Å²) in [5.74, 6) is -0.316. The van der Waals surface area contributed by atoms with Gasteiger partial charge in [-0.3, -0.25) is 4.21 Å². The van der Waals surface area contributed by atoms with Crippen LogP contribution in [0.15, 0.2) is 89.8 Å². The molecule has 0 heterocycles. The van der Waals surface area contributed by atoms with Crippen LogP contribution < -0.4 is 0 Å². The highest BCUT2D eigenvalue weighted by Crippen LogP contribution is 2.44. The van der Waals surface area contributed by atoms with E-state index >= 15 is 0 Å². The molecule has 0 saturated carbocycles. The Bertz CT molecular complexity index is 881. The number of benzene rings is 3. The van der Waals surface area contributed by atoms with Crippen LogP contribution in [0.4, 0.5) is 0 Å². The number of aliphatic hydroxyl groups is 1. The minimum absolute atomic E-state index is 0.316. The van der Waals surface area contributed by atoms with Gasteiger partial charge in [0.05, 0.1) is 21.7 Å². The van der Waals surface area contributed by atoms with Crippen molar-refractivity contribution in [1.29, 1.82) is 0 Å². The summed E-state index contributed by atoms with van der Waals surface area (Å²) in [7, 11) is -1.32. The molecule has 0 aliphatic rings. The molecule has 0 spiro atoms. The van der Waals surface area contributed by atoms with E-state index in [0.29, 0.717) is 0 Å². The third-order valence-corrected chi connectivity index (χ3v) is 6.58. The van der Waals surface area contributed by atoms with Crippen LogP contribution in [0, 0.1) is 6.92 Å². The van der Waals surface area contributed by atoms with Gasteiger partial charge in [-0.1, -0.05) is 78.4 Å². The first-order valence-corrected chi connectivity index (χ1v) is 10.4. The number of rotatable bonds is 6. The maximum atomic E-state index is 13.7. The molecular weight excluding hydrogens is 352 g/mol. The lowest BCUT2D eigenvalue weighted by atomic mass is 9.80. The molecular formula is C24H26O2S. The first-order valence-electron chi connectivity index (χ1n) is 9.17. The van der Waals surface area contributed by atoms with Crippen LogP contribution in [-0.4, -0.2) is 14.9 Å². The molecule has 1 unspecified atom stereocenters. The number of hydrogen-bond acceptors (Lipinski definition) is 2. The van der Waals surface area contributed by atoms with E-state index in [-0.39, 0.29) is 11.2 Å². The topological polar surface area (TPSA) is 37.3 Å². The minimum Gasteiger partial charge on any atom is -0.390 e. The van der Waals surface area contributed by atoms with Gasteiger partial charge in [0.25, 0.3) is 0 Å². The highest BCUT2D eigenvalue weighted by atomic mass is 32.2. The van der Waals surface area contributed by atoms with E-state index in [9.17, 15) is 9.32 Å². The molecule has 140 valence electrons. The predicted octanol–water partition coefficient (Wildman–Crippen LogP) is 5.40. The second-order valence-corrected chi connectivity index (χ2v) is 9.06. The first-order chi connectivity index (χ1) is 12.9. The Morgan fingerprint density at radius 1 is 0.778 bits per heavy atom. The summed E-state index contributed by atoms with van der Waals surface area (Å²) < 4.78 is 13.7. The second kappa shape index (κ2) is 8.20. The first kappa shape index (κ1) is 19.5. The summed E-state index contributed by atoms with van der Waals surface area (Å²) in [5, 5.41) is 10.7. The van der Waals surface area contributed by atoms with E-state index in [1.807, 2.05) is 91.9 Å². The van der Waals surface area contributed by atoms with Gasteiger partial charge in [-0.25, -0.2) is 0 Å². The van der Waals surface area contributed by atoms with Gasteiger partial charge in [-0.15, -0.1) is 0 Å². The average Bonchev–Trinajstić information content (AvgIpc) is 2.66. The molecule has 3 heteroatoms. The second-order valence-electron chi connectivity index (χ2n) is 7.48. The van der Waals surface area contributed by atoms with Crippen molar-refractivity contribution >= 4 is 10.8 Å². The van der Waals surface area contributed by atoms with Crippen molar-refractivity contribution in [3.8, 4) is 0 Å². The SMILES string of the molecule is Cc1ccc(S(=O)[C@H](c2ccccc2)[C@H](c2ccccc2)C(C)(C)O)cc1. The summed E-state index contributed by atoms with van der Waals surface area (Å²) in [5.41, 5.74) is 2.04. The summed E-state index contributed by atoms with van der Waals surface area (Å²) >= 11 is 0. The van der Waals surface area contributed by atoms with Crippen LogP contribution >= 0.6 is 0 Å². The van der Waals surface area contributed by atoms with Crippen molar-refractivity contribution in [3.63, 3.8) is 0 Å². The van der Waals surface area contributed by atoms with E-state index in [4.69, 9.17) is 0 Å². The minimum atomic E-state index is -1.32. The van der Waals surface area contributed by atoms with Gasteiger partial charge < -0.3 is 5.11 Å². The maximum Gasteiger partial charge on any atom is 0.0739 e. The molecule has 0 aliphatic heterocycles. The third kappa shape index (κ3) is 4.55. The zero-order valence-electron chi connectivity index (χ0n) is 16.0. The summed E-state index contributed by atoms with van der Waals surface area (Å²) in [6, 6.07) is 27.6. The normalized spacial score (nSPS) is 15.1. The van der Waals surface area contributed by atoms with Gasteiger partial charge in [-0.2, -0.15) is 0 Å². The molecule has 0 aromatic heterocycles. The molecule has 2 nitrogen and oxygen atoms in total. The largest absolute Gasteiger partial charge is 0.390 e. The van der Waals surface area contributed by atoms with Crippen LogP contribution in [0.5, 0.6) is 0 Å². The Morgan fingerprint density at radius 3 is 1.74 bits per heavy atom. The van der Waals surface area contributed by atoms with Gasteiger partial charge in [0.15, 0.2) is 0 Å². The van der Waals surface area contributed by atoms with Crippen molar-refractivity contribution in [1.82, 2.24) is 0 Å². The van der Waals surface area contributed by atoms with Crippen molar-refractivity contribution in [2.45, 2.75) is 42.4 Å². The Labute approximate surface area is 164 Å². The van der Waals surface area contributed by atoms with Crippen LogP contribution in [0.25, 0.3) is 0 Å². The zero-order chi connectivity index (χ0) is 19.4. The fourth-order valence-corrected chi connectivity index (χ4v) is 5.35. The third-order valence-electron chi connectivity index (χ3n) is 4.83. The standard InChI is InChI=1S/C24H26O2S/c1-18-14-16-21(17-15-18)27(26)23(20-12-8-5-9-13-20)22(24(2,3)25)19-10-6-4-7-11-19/h4-17,22-23,25H,1-3H3/t22-,23+,27?/m0/s1. The monoisotopic (exact) mass is 378 g/mol. The molecule has 0 saturated heterocycles. The summed E-state index contributed by atoms with van der Waals surface area (Å²) in [6.07, 6.45) is 0. The molecule has 27 heavy (non-hydrogen) atoms. The van der Waals surface area contributed by atoms with Crippen LogP contribution in [-0.2, 0) is 10.8 Å². The van der Waals surface area contributed by atoms with Crippen molar-refractivity contribution in [3.05, 3.63) is 102 Å². The Kier molecular flexibility index (Phi) is 5.93. The molecule has 0 radical (unpaired) electrons. The van der Waals surface area contributed by atoms with E-state index in [0.717, 1.165) is 21.6 Å². The van der Waals surface area contributed by atoms with E-state index < -0.39 is 16.4 Å². The van der Waals surface area contributed by atoms with Gasteiger partial charge in [0.2, 0.25) is 0 Å². The highest BCUT2D eigenvalue weighted by molar-refractivity contribution is 7.85. The smallest absolute Gasteiger partial charge is 0.0739 e. The molecule has 0 amide bonds. The summed E-state index contributed by atoms with van der Waals surface area (Å²) in [6.45, 7) is 5.62. The van der Waals surface area contributed by atoms with Crippen LogP contribution in [0.1, 0.15) is 41.7 Å². The molecule has 3 rings (SSSR count). The van der Waals surface area contributed by atoms with Crippen LogP contribution in [0.2, 0.25) is 0 Å². The molecule has 3 aromatic carbocycles. The molecule has 0 bridgehead atoms. The molecule has 1 N–H and O–H groups in total. The maximum absolute atomic E-state index is 13.7. The predicted molar refractivity (Wildman–Crippen MR) is 112 cm³/mol. The van der Waals surface area contributed by atoms with Gasteiger partial charge in [-0.05, 0) is 44.0 Å². The number of aryl methyl sites for hydroxylation is 1. The quantitative estimate of drug-likeness (QED) is 0.624. The van der Waals surface area contributed by atoms with Crippen molar-refractivity contribution in [2.75, 3.05) is 0 Å². The van der Waals surface area contributed by atoms with Crippen LogP contribution in [0.3, 0.4) is 0 Å². The molecule has 0 fully saturated rings. The van der Waals surface area contributed by atoms with Crippen molar-refractivity contribution < 1.29 is 9.32 Å². The fraction of sp³-hybridized carbons (Fsp3) is 0.250. The average molecular weight is 379 g/mol. The highest BCUT2D eigenvalue weighted by Gasteiger charge is 2.40. The Morgan fingerprint density at radius 2 is 1.26 bits per heavy atom. The van der Waals surface area contributed by atoms with Gasteiger partial charge >= 0.3 is 0 Å². The van der Waals surface area contributed by atoms with Gasteiger partial charge in [0.1, 0.15) is 0 Å². The van der Waals surface area contributed by atoms with Crippen molar-refractivity contribution in [2.24, 2.45) is 0 Å². The van der Waals surface area contributed by atoms with E-state index in [1.165, 1.54) is 0 Å². The Hall–Kier alpha value is -2.23. The molecule has 0 aliphatic carbocycles. The van der Waals surface area contributed by atoms with Gasteiger partial charge in [0, 0.05) is 10.8 Å². The lowest BCUT2D eigenvalue weighted by Gasteiger charge is -2.36. The van der Waals surface area contributed by atoms with E-state index in [2.05, 4.69) is 0 Å². The fourth-order valence-electron chi connectivity index (χ4n) is 3.51. The lowest BCUT2D eigenvalue weighted by molar-refractivity contribution is 0.0481.